The van der Waals surface area contributed by atoms with Gasteiger partial charge in [-0.3, -0.25) is 9.69 Å². The van der Waals surface area contributed by atoms with Gasteiger partial charge in [-0.05, 0) is 50.7 Å². The van der Waals surface area contributed by atoms with Gasteiger partial charge in [0.25, 0.3) is 5.91 Å². The molecule has 0 aromatic heterocycles. The minimum Gasteiger partial charge on any atom is -0.489 e. The van der Waals surface area contributed by atoms with Crippen LogP contribution in [0.25, 0.3) is 0 Å². The molecule has 1 atom stereocenters. The van der Waals surface area contributed by atoms with Gasteiger partial charge in [-0.2, -0.15) is 0 Å². The molecule has 0 spiro atoms. The van der Waals surface area contributed by atoms with Crippen LogP contribution in [0.3, 0.4) is 0 Å². The zero-order valence-corrected chi connectivity index (χ0v) is 19.9. The maximum absolute atomic E-state index is 13.1. The summed E-state index contributed by atoms with van der Waals surface area (Å²) in [6.07, 6.45) is 12.5. The number of likely N-dealkylation sites (tertiary alicyclic amines) is 1. The number of amides is 1. The topological polar surface area (TPSA) is 44.8 Å². The van der Waals surface area contributed by atoms with Crippen molar-refractivity contribution in [3.8, 4) is 5.75 Å². The molecule has 3 rings (SSSR count). The standard InChI is InChI=1S/C24H39N3O2S/c1-4-5-6-7-8-9-12-27-13-10-11-19(27)18-25-24(28)21-16-20(30-3)17-22-23(21)29-15-14-26(22)2/h16-17,19H,4-15,18H2,1-3H3,(H,25,28). The highest BCUT2D eigenvalue weighted by atomic mass is 32.2. The molecule has 0 radical (unpaired) electrons. The van der Waals surface area contributed by atoms with Crippen LogP contribution in [0.4, 0.5) is 5.69 Å². The Labute approximate surface area is 186 Å². The van der Waals surface area contributed by atoms with Crippen molar-refractivity contribution in [1.82, 2.24) is 10.2 Å². The molecule has 2 heterocycles. The molecule has 168 valence electrons. The van der Waals surface area contributed by atoms with Crippen molar-refractivity contribution in [2.24, 2.45) is 0 Å². The average Bonchev–Trinajstić information content (AvgIpc) is 3.21. The molecule has 1 unspecified atom stereocenters. The summed E-state index contributed by atoms with van der Waals surface area (Å²) in [5.74, 6) is 0.721. The molecule has 2 aliphatic heterocycles. The number of unbranched alkanes of at least 4 members (excludes halogenated alkanes) is 5. The van der Waals surface area contributed by atoms with Gasteiger partial charge in [0.05, 0.1) is 17.8 Å². The van der Waals surface area contributed by atoms with Gasteiger partial charge < -0.3 is 15.0 Å². The first-order valence-electron chi connectivity index (χ1n) is 11.7. The summed E-state index contributed by atoms with van der Waals surface area (Å²) < 4.78 is 5.91. The van der Waals surface area contributed by atoms with E-state index in [9.17, 15) is 4.79 Å². The van der Waals surface area contributed by atoms with E-state index in [1.165, 1.54) is 57.9 Å². The lowest BCUT2D eigenvalue weighted by molar-refractivity contribution is 0.0936. The van der Waals surface area contributed by atoms with Crippen LogP contribution in [0.1, 0.15) is 68.6 Å². The summed E-state index contributed by atoms with van der Waals surface area (Å²) in [5.41, 5.74) is 1.69. The number of carbonyl (C=O) groups excluding carboxylic acids is 1. The largest absolute Gasteiger partial charge is 0.489 e. The number of anilines is 1. The Hall–Kier alpha value is -1.40. The maximum atomic E-state index is 13.1. The zero-order chi connectivity index (χ0) is 21.3. The van der Waals surface area contributed by atoms with Gasteiger partial charge >= 0.3 is 0 Å². The molecular weight excluding hydrogens is 394 g/mol. The van der Waals surface area contributed by atoms with E-state index >= 15 is 0 Å². The number of fused-ring (bicyclic) bond motifs is 1. The minimum atomic E-state index is -0.0103. The van der Waals surface area contributed by atoms with E-state index in [4.69, 9.17) is 4.74 Å². The van der Waals surface area contributed by atoms with Crippen LogP contribution >= 0.6 is 11.8 Å². The molecule has 5 nitrogen and oxygen atoms in total. The molecule has 2 aliphatic rings. The summed E-state index contributed by atoms with van der Waals surface area (Å²) in [6, 6.07) is 4.56. The SMILES string of the molecule is CCCCCCCCN1CCCC1CNC(=O)c1cc(SC)cc2c1OCCN2C. The number of ether oxygens (including phenoxy) is 1. The summed E-state index contributed by atoms with van der Waals surface area (Å²) in [4.78, 5) is 18.9. The van der Waals surface area contributed by atoms with Crippen molar-refractivity contribution in [3.63, 3.8) is 0 Å². The van der Waals surface area contributed by atoms with Crippen molar-refractivity contribution in [1.29, 1.82) is 0 Å². The highest BCUT2D eigenvalue weighted by Gasteiger charge is 2.27. The Morgan fingerprint density at radius 1 is 1.20 bits per heavy atom. The number of carbonyl (C=O) groups is 1. The lowest BCUT2D eigenvalue weighted by Gasteiger charge is -2.30. The maximum Gasteiger partial charge on any atom is 0.255 e. The first-order valence-corrected chi connectivity index (χ1v) is 12.9. The molecule has 1 fully saturated rings. The van der Waals surface area contributed by atoms with Crippen LogP contribution in [0.2, 0.25) is 0 Å². The van der Waals surface area contributed by atoms with Gasteiger partial charge in [-0.25, -0.2) is 0 Å². The predicted octanol–water partition coefficient (Wildman–Crippen LogP) is 4.79. The van der Waals surface area contributed by atoms with Crippen LogP contribution in [-0.4, -0.2) is 62.9 Å². The molecule has 1 aromatic carbocycles. The lowest BCUT2D eigenvalue weighted by Crippen LogP contribution is -2.41. The van der Waals surface area contributed by atoms with Crippen LogP contribution in [0, 0.1) is 0 Å². The van der Waals surface area contributed by atoms with Gasteiger partial charge in [0.15, 0.2) is 5.75 Å². The normalized spacial score (nSPS) is 18.9. The van der Waals surface area contributed by atoms with E-state index in [1.807, 2.05) is 12.3 Å². The molecule has 0 saturated carbocycles. The lowest BCUT2D eigenvalue weighted by atomic mass is 10.1. The number of likely N-dealkylation sites (N-methyl/N-ethyl adjacent to an activating group) is 1. The third-order valence-corrected chi connectivity index (χ3v) is 7.11. The smallest absolute Gasteiger partial charge is 0.255 e. The fraction of sp³-hybridized carbons (Fsp3) is 0.708. The minimum absolute atomic E-state index is 0.0103. The predicted molar refractivity (Wildman–Crippen MR) is 127 cm³/mol. The fourth-order valence-electron chi connectivity index (χ4n) is 4.54. The van der Waals surface area contributed by atoms with Crippen molar-refractivity contribution in [2.75, 3.05) is 51.0 Å². The molecule has 0 aliphatic carbocycles. The Bertz CT molecular complexity index is 697. The highest BCUT2D eigenvalue weighted by molar-refractivity contribution is 7.98. The van der Waals surface area contributed by atoms with Crippen LogP contribution < -0.4 is 15.0 Å². The number of hydrogen-bond acceptors (Lipinski definition) is 5. The monoisotopic (exact) mass is 433 g/mol. The van der Waals surface area contributed by atoms with Gasteiger partial charge in [-0.15, -0.1) is 11.8 Å². The molecule has 30 heavy (non-hydrogen) atoms. The summed E-state index contributed by atoms with van der Waals surface area (Å²) in [6.45, 7) is 6.79. The summed E-state index contributed by atoms with van der Waals surface area (Å²) >= 11 is 1.66. The number of nitrogens with zero attached hydrogens (tertiary/aromatic N) is 2. The second-order valence-electron chi connectivity index (χ2n) is 8.60. The van der Waals surface area contributed by atoms with Gasteiger partial charge in [-0.1, -0.05) is 39.0 Å². The molecule has 1 saturated heterocycles. The number of nitrogens with one attached hydrogen (secondary N) is 1. The second kappa shape index (κ2) is 11.8. The number of hydrogen-bond donors (Lipinski definition) is 1. The van der Waals surface area contributed by atoms with E-state index in [1.54, 1.807) is 11.8 Å². The Morgan fingerprint density at radius 2 is 2.00 bits per heavy atom. The van der Waals surface area contributed by atoms with Gasteiger partial charge in [0.1, 0.15) is 6.61 Å². The third kappa shape index (κ3) is 6.07. The first-order chi connectivity index (χ1) is 14.6. The molecule has 1 aromatic rings. The number of thioether (sulfide) groups is 1. The molecule has 0 bridgehead atoms. The third-order valence-electron chi connectivity index (χ3n) is 6.40. The van der Waals surface area contributed by atoms with E-state index < -0.39 is 0 Å². The van der Waals surface area contributed by atoms with E-state index in [2.05, 4.69) is 35.2 Å². The van der Waals surface area contributed by atoms with Crippen LogP contribution in [0.15, 0.2) is 17.0 Å². The summed E-state index contributed by atoms with van der Waals surface area (Å²) in [7, 11) is 2.06. The second-order valence-corrected chi connectivity index (χ2v) is 9.48. The Balaban J connectivity index is 1.54. The Kier molecular flexibility index (Phi) is 9.19. The van der Waals surface area contributed by atoms with E-state index in [0.717, 1.165) is 36.0 Å². The van der Waals surface area contributed by atoms with Crippen molar-refractivity contribution in [2.45, 2.75) is 69.2 Å². The Morgan fingerprint density at radius 3 is 2.80 bits per heavy atom. The molecule has 1 amide bonds. The number of rotatable bonds is 11. The van der Waals surface area contributed by atoms with E-state index in [0.29, 0.717) is 18.2 Å². The fourth-order valence-corrected chi connectivity index (χ4v) is 5.00. The highest BCUT2D eigenvalue weighted by Crippen LogP contribution is 2.38. The van der Waals surface area contributed by atoms with E-state index in [-0.39, 0.29) is 5.91 Å². The molecule has 6 heteroatoms. The van der Waals surface area contributed by atoms with Crippen molar-refractivity contribution in [3.05, 3.63) is 17.7 Å². The van der Waals surface area contributed by atoms with Crippen LogP contribution in [0.5, 0.6) is 5.75 Å². The summed E-state index contributed by atoms with van der Waals surface area (Å²) in [5, 5.41) is 3.22. The average molecular weight is 434 g/mol. The van der Waals surface area contributed by atoms with Gasteiger partial charge in [0, 0.05) is 24.5 Å². The van der Waals surface area contributed by atoms with Crippen LogP contribution in [-0.2, 0) is 0 Å². The van der Waals surface area contributed by atoms with Gasteiger partial charge in [0.2, 0.25) is 0 Å². The molecule has 1 N–H and O–H groups in total. The molecular formula is C24H39N3O2S. The van der Waals surface area contributed by atoms with Crippen molar-refractivity contribution < 1.29 is 9.53 Å². The quantitative estimate of drug-likeness (QED) is 0.401. The number of benzene rings is 1. The zero-order valence-electron chi connectivity index (χ0n) is 19.0. The van der Waals surface area contributed by atoms with Crippen molar-refractivity contribution >= 4 is 23.4 Å². The first kappa shape index (κ1) is 23.3.